The van der Waals surface area contributed by atoms with Crippen molar-refractivity contribution in [3.63, 3.8) is 0 Å². The number of hydrogen-bond acceptors (Lipinski definition) is 4. The quantitative estimate of drug-likeness (QED) is 0.716. The van der Waals surface area contributed by atoms with Crippen molar-refractivity contribution >= 4 is 11.8 Å². The van der Waals surface area contributed by atoms with Gasteiger partial charge in [0.05, 0.1) is 13.2 Å². The lowest BCUT2D eigenvalue weighted by molar-refractivity contribution is 0.0761. The van der Waals surface area contributed by atoms with Gasteiger partial charge in [0.2, 0.25) is 0 Å². The average molecular weight is 281 g/mol. The molecular formula is C15H23NO2S. The maximum atomic E-state index is 5.34. The summed E-state index contributed by atoms with van der Waals surface area (Å²) in [6, 6.07) is 11.6. The molecule has 1 aromatic carbocycles. The Bertz CT molecular complexity index is 346. The predicted molar refractivity (Wildman–Crippen MR) is 79.6 cm³/mol. The minimum absolute atomic E-state index is 0.529. The van der Waals surface area contributed by atoms with Crippen molar-refractivity contribution in [3.05, 3.63) is 30.3 Å². The monoisotopic (exact) mass is 281 g/mol. The fraction of sp³-hybridized carbons (Fsp3) is 0.600. The summed E-state index contributed by atoms with van der Waals surface area (Å²) in [7, 11) is 3.57. The van der Waals surface area contributed by atoms with Gasteiger partial charge in [0.1, 0.15) is 0 Å². The summed E-state index contributed by atoms with van der Waals surface area (Å²) in [5.41, 5.74) is 0. The molecule has 4 heteroatoms. The van der Waals surface area contributed by atoms with E-state index < -0.39 is 0 Å². The molecule has 106 valence electrons. The lowest BCUT2D eigenvalue weighted by Crippen LogP contribution is -2.40. The van der Waals surface area contributed by atoms with Crippen molar-refractivity contribution in [1.82, 2.24) is 4.90 Å². The Hall–Kier alpha value is -0.550. The molecule has 3 nitrogen and oxygen atoms in total. The first kappa shape index (κ1) is 14.9. The second-order valence-electron chi connectivity index (χ2n) is 4.90. The standard InChI is InChI=1S/C15H23NO2S/c1-17-10-13-8-9-14(11-18-2)16(13)12-19-15-6-4-3-5-7-15/h3-7,13-14H,8-12H2,1-2H3/t13-,14-/m0/s1. The van der Waals surface area contributed by atoms with Gasteiger partial charge in [-0.1, -0.05) is 18.2 Å². The zero-order valence-electron chi connectivity index (χ0n) is 11.7. The van der Waals surface area contributed by atoms with Crippen LogP contribution in [0.1, 0.15) is 12.8 Å². The highest BCUT2D eigenvalue weighted by Crippen LogP contribution is 2.29. The number of thioether (sulfide) groups is 1. The second-order valence-corrected chi connectivity index (χ2v) is 5.91. The van der Waals surface area contributed by atoms with Crippen molar-refractivity contribution in [3.8, 4) is 0 Å². The van der Waals surface area contributed by atoms with Crippen LogP contribution in [0.4, 0.5) is 0 Å². The molecule has 0 amide bonds. The minimum atomic E-state index is 0.529. The Kier molecular flexibility index (Phi) is 6.17. The van der Waals surface area contributed by atoms with E-state index in [4.69, 9.17) is 9.47 Å². The van der Waals surface area contributed by atoms with Gasteiger partial charge in [0.25, 0.3) is 0 Å². The maximum Gasteiger partial charge on any atom is 0.0618 e. The van der Waals surface area contributed by atoms with E-state index in [0.29, 0.717) is 12.1 Å². The summed E-state index contributed by atoms with van der Waals surface area (Å²) in [5, 5.41) is 0. The lowest BCUT2D eigenvalue weighted by atomic mass is 10.2. The first-order valence-corrected chi connectivity index (χ1v) is 7.75. The van der Waals surface area contributed by atoms with Crippen LogP contribution < -0.4 is 0 Å². The van der Waals surface area contributed by atoms with E-state index in [1.54, 1.807) is 14.2 Å². The third kappa shape index (κ3) is 4.21. The van der Waals surface area contributed by atoms with Gasteiger partial charge in [0, 0.05) is 37.1 Å². The van der Waals surface area contributed by atoms with E-state index in [1.807, 2.05) is 11.8 Å². The van der Waals surface area contributed by atoms with Gasteiger partial charge in [-0.25, -0.2) is 0 Å². The summed E-state index contributed by atoms with van der Waals surface area (Å²) >= 11 is 1.89. The molecule has 0 saturated carbocycles. The largest absolute Gasteiger partial charge is 0.383 e. The molecule has 0 radical (unpaired) electrons. The second kappa shape index (κ2) is 7.90. The van der Waals surface area contributed by atoms with Crippen LogP contribution in [-0.2, 0) is 9.47 Å². The summed E-state index contributed by atoms with van der Waals surface area (Å²) in [5.74, 6) is 1.01. The topological polar surface area (TPSA) is 21.7 Å². The van der Waals surface area contributed by atoms with Gasteiger partial charge in [-0.15, -0.1) is 11.8 Å². The molecule has 1 aliphatic heterocycles. The molecule has 1 aliphatic rings. The van der Waals surface area contributed by atoms with Crippen LogP contribution in [0.5, 0.6) is 0 Å². The zero-order chi connectivity index (χ0) is 13.5. The molecule has 0 aliphatic carbocycles. The average Bonchev–Trinajstić information content (AvgIpc) is 2.81. The summed E-state index contributed by atoms with van der Waals surface area (Å²) < 4.78 is 10.7. The highest BCUT2D eigenvalue weighted by atomic mass is 32.2. The number of methoxy groups -OCH3 is 2. The third-order valence-electron chi connectivity index (χ3n) is 3.61. The molecule has 0 spiro atoms. The third-order valence-corrected chi connectivity index (χ3v) is 4.65. The molecule has 0 unspecified atom stereocenters. The number of rotatable bonds is 7. The Morgan fingerprint density at radius 3 is 2.16 bits per heavy atom. The summed E-state index contributed by atoms with van der Waals surface area (Å²) in [4.78, 5) is 3.85. The molecule has 2 rings (SSSR count). The Balaban J connectivity index is 1.92. The first-order chi connectivity index (χ1) is 9.35. The molecule has 1 fully saturated rings. The Morgan fingerprint density at radius 2 is 1.63 bits per heavy atom. The molecule has 0 aromatic heterocycles. The number of likely N-dealkylation sites (tertiary alicyclic amines) is 1. The van der Waals surface area contributed by atoms with Gasteiger partial charge in [-0.3, -0.25) is 4.90 Å². The van der Waals surface area contributed by atoms with Gasteiger partial charge in [0.15, 0.2) is 0 Å². The van der Waals surface area contributed by atoms with Gasteiger partial charge in [-0.05, 0) is 25.0 Å². The van der Waals surface area contributed by atoms with Gasteiger partial charge < -0.3 is 9.47 Å². The molecule has 1 aromatic rings. The van der Waals surface area contributed by atoms with E-state index in [1.165, 1.54) is 17.7 Å². The highest BCUT2D eigenvalue weighted by Gasteiger charge is 2.32. The summed E-state index contributed by atoms with van der Waals surface area (Å²) in [6.07, 6.45) is 2.41. The van der Waals surface area contributed by atoms with E-state index in [9.17, 15) is 0 Å². The van der Waals surface area contributed by atoms with Gasteiger partial charge >= 0.3 is 0 Å². The molecule has 1 saturated heterocycles. The first-order valence-electron chi connectivity index (χ1n) is 6.76. The minimum Gasteiger partial charge on any atom is -0.383 e. The van der Waals surface area contributed by atoms with E-state index >= 15 is 0 Å². The molecule has 0 N–H and O–H groups in total. The van der Waals surface area contributed by atoms with Crippen molar-refractivity contribution in [2.45, 2.75) is 29.8 Å². The van der Waals surface area contributed by atoms with Crippen LogP contribution in [0.15, 0.2) is 35.2 Å². The molecule has 0 bridgehead atoms. The normalized spacial score (nSPS) is 23.9. The zero-order valence-corrected chi connectivity index (χ0v) is 12.6. The SMILES string of the molecule is COC[C@@H]1CC[C@@H](COC)N1CSc1ccccc1. The van der Waals surface area contributed by atoms with Crippen molar-refractivity contribution in [2.24, 2.45) is 0 Å². The molecule has 2 atom stereocenters. The fourth-order valence-corrected chi connectivity index (χ4v) is 3.70. The maximum absolute atomic E-state index is 5.34. The fourth-order valence-electron chi connectivity index (χ4n) is 2.63. The number of benzene rings is 1. The van der Waals surface area contributed by atoms with Gasteiger partial charge in [-0.2, -0.15) is 0 Å². The predicted octanol–water partition coefficient (Wildman–Crippen LogP) is 2.86. The summed E-state index contributed by atoms with van der Waals surface area (Å²) in [6.45, 7) is 1.63. The molecule has 1 heterocycles. The number of nitrogens with zero attached hydrogens (tertiary/aromatic N) is 1. The number of ether oxygens (including phenoxy) is 2. The van der Waals surface area contributed by atoms with Crippen LogP contribution >= 0.6 is 11.8 Å². The number of hydrogen-bond donors (Lipinski definition) is 0. The van der Waals surface area contributed by atoms with E-state index in [-0.39, 0.29) is 0 Å². The van der Waals surface area contributed by atoms with Crippen molar-refractivity contribution in [2.75, 3.05) is 33.3 Å². The molecular weight excluding hydrogens is 258 g/mol. The van der Waals surface area contributed by atoms with E-state index in [2.05, 4.69) is 35.2 Å². The van der Waals surface area contributed by atoms with E-state index in [0.717, 1.165) is 19.1 Å². The van der Waals surface area contributed by atoms with Crippen molar-refractivity contribution < 1.29 is 9.47 Å². The Morgan fingerprint density at radius 1 is 1.05 bits per heavy atom. The lowest BCUT2D eigenvalue weighted by Gasteiger charge is -2.29. The van der Waals surface area contributed by atoms with Crippen LogP contribution in [0, 0.1) is 0 Å². The smallest absolute Gasteiger partial charge is 0.0618 e. The van der Waals surface area contributed by atoms with Crippen LogP contribution in [0.25, 0.3) is 0 Å². The van der Waals surface area contributed by atoms with Crippen molar-refractivity contribution in [1.29, 1.82) is 0 Å². The molecule has 19 heavy (non-hydrogen) atoms. The van der Waals surface area contributed by atoms with Crippen LogP contribution in [0.2, 0.25) is 0 Å². The highest BCUT2D eigenvalue weighted by molar-refractivity contribution is 7.99. The Labute approximate surface area is 120 Å². The van der Waals surface area contributed by atoms with Crippen LogP contribution in [-0.4, -0.2) is 50.3 Å². The van der Waals surface area contributed by atoms with Crippen LogP contribution in [0.3, 0.4) is 0 Å².